The Balaban J connectivity index is 1.24. The molecule has 1 N–H and O–H groups in total. The molecule has 2 aromatic rings. The van der Waals surface area contributed by atoms with E-state index in [2.05, 4.69) is 60.2 Å². The number of rotatable bonds is 9. The van der Waals surface area contributed by atoms with Gasteiger partial charge in [-0.2, -0.15) is 5.10 Å². The Morgan fingerprint density at radius 3 is 2.49 bits per heavy atom. The lowest BCUT2D eigenvalue weighted by Gasteiger charge is -2.60. The smallest absolute Gasteiger partial charge is 0.410 e. The molecule has 2 aliphatic heterocycles. The number of piperidine rings is 1. The van der Waals surface area contributed by atoms with Gasteiger partial charge in [0.15, 0.2) is 20.3 Å². The van der Waals surface area contributed by atoms with Gasteiger partial charge in [0.05, 0.1) is 18.3 Å². The number of nitrogens with zero attached hydrogens (tertiary/aromatic N) is 3. The zero-order chi connectivity index (χ0) is 36.0. The molecule has 1 spiro atoms. The third-order valence-electron chi connectivity index (χ3n) is 10.7. The molecule has 1 aromatic heterocycles. The van der Waals surface area contributed by atoms with Gasteiger partial charge in [-0.25, -0.2) is 9.48 Å². The van der Waals surface area contributed by atoms with Gasteiger partial charge in [0, 0.05) is 41.0 Å². The molecule has 13 heteroatoms. The van der Waals surface area contributed by atoms with E-state index in [0.29, 0.717) is 37.4 Å². The number of nitrogens with one attached hydrogen (secondary N) is 1. The summed E-state index contributed by atoms with van der Waals surface area (Å²) in [6, 6.07) is 1.90. The van der Waals surface area contributed by atoms with Gasteiger partial charge in [0.1, 0.15) is 11.2 Å². The molecule has 2 saturated heterocycles. The van der Waals surface area contributed by atoms with Crippen LogP contribution in [0.25, 0.3) is 10.9 Å². The molecule has 2 amide bonds. The van der Waals surface area contributed by atoms with E-state index < -0.39 is 19.5 Å². The Morgan fingerprint density at radius 1 is 1.14 bits per heavy atom. The summed E-state index contributed by atoms with van der Waals surface area (Å²) in [6.07, 6.45) is 7.84. The van der Waals surface area contributed by atoms with Gasteiger partial charge in [-0.05, 0) is 123 Å². The standard InChI is InChI=1S/C36H54BrClN4O6Si/c1-33(2,3)47-32(45)41-16-11-15-35(23-41)21-36(22-35,48-49(7,8)34(4,5)6)31(44)39-19-24(43)13-14-25-27(38)18-28-26(30(25)37)20-40-42(28)29-12-9-10-17-46-29/h18,20,29H,9-17,19,21-23H2,1-8H3,(H,39,44). The first-order chi connectivity index (χ1) is 22.7. The predicted octanol–water partition coefficient (Wildman–Crippen LogP) is 8.34. The zero-order valence-corrected chi connectivity index (χ0v) is 33.8. The number of likely N-dealkylation sites (tertiary alicyclic amines) is 1. The van der Waals surface area contributed by atoms with Gasteiger partial charge in [-0.15, -0.1) is 0 Å². The lowest BCUT2D eigenvalue weighted by Crippen LogP contribution is -2.69. The minimum absolute atomic E-state index is 0.0898. The topological polar surface area (TPSA) is 112 Å². The van der Waals surface area contributed by atoms with E-state index in [-0.39, 0.29) is 47.4 Å². The highest BCUT2D eigenvalue weighted by Gasteiger charge is 2.63. The van der Waals surface area contributed by atoms with Gasteiger partial charge in [-0.3, -0.25) is 9.59 Å². The SMILES string of the molecule is CC(C)(C)OC(=O)N1CCCC2(C1)CC(O[Si](C)(C)C(C)(C)C)(C(=O)NCC(=O)CCc1c(Cl)cc3c(cnn3C3CCCCO3)c1Br)C2. The third-order valence-corrected chi connectivity index (χ3v) is 16.5. The average Bonchev–Trinajstić information content (AvgIpc) is 3.41. The van der Waals surface area contributed by atoms with Crippen molar-refractivity contribution in [3.63, 3.8) is 0 Å². The number of carbonyl (C=O) groups is 3. The maximum absolute atomic E-state index is 14.0. The van der Waals surface area contributed by atoms with E-state index in [9.17, 15) is 14.4 Å². The first-order valence-electron chi connectivity index (χ1n) is 17.7. The van der Waals surface area contributed by atoms with E-state index in [1.54, 1.807) is 4.90 Å². The second kappa shape index (κ2) is 14.2. The van der Waals surface area contributed by atoms with Crippen LogP contribution in [-0.4, -0.2) is 78.2 Å². The van der Waals surface area contributed by atoms with Crippen molar-refractivity contribution >= 4 is 64.5 Å². The molecular formula is C36H54BrClN4O6Si. The number of ether oxygens (including phenoxy) is 2. The summed E-state index contributed by atoms with van der Waals surface area (Å²) in [6.45, 7) is 18.2. The highest BCUT2D eigenvalue weighted by molar-refractivity contribution is 9.10. The van der Waals surface area contributed by atoms with Crippen LogP contribution in [0.5, 0.6) is 0 Å². The first-order valence-corrected chi connectivity index (χ1v) is 21.8. The quantitative estimate of drug-likeness (QED) is 0.255. The lowest BCUT2D eigenvalue weighted by molar-refractivity contribution is -0.172. The number of Topliss-reactive ketones (excluding diaryl/α,β-unsaturated/α-hetero) is 1. The summed E-state index contributed by atoms with van der Waals surface area (Å²) in [4.78, 5) is 42.0. The molecule has 1 unspecified atom stereocenters. The van der Waals surface area contributed by atoms with Crippen molar-refractivity contribution < 1.29 is 28.3 Å². The van der Waals surface area contributed by atoms with Crippen LogP contribution in [0.4, 0.5) is 4.79 Å². The number of aromatic nitrogens is 2. The number of ketones is 1. The van der Waals surface area contributed by atoms with Crippen LogP contribution in [0.15, 0.2) is 16.7 Å². The Morgan fingerprint density at radius 2 is 1.86 bits per heavy atom. The number of fused-ring (bicyclic) bond motifs is 1. The largest absolute Gasteiger partial charge is 0.444 e. The van der Waals surface area contributed by atoms with Gasteiger partial charge in [0.25, 0.3) is 5.91 Å². The highest BCUT2D eigenvalue weighted by atomic mass is 79.9. The molecule has 1 saturated carbocycles. The minimum Gasteiger partial charge on any atom is -0.444 e. The fourth-order valence-corrected chi connectivity index (χ4v) is 9.93. The fraction of sp³-hybridized carbons (Fsp3) is 0.722. The van der Waals surface area contributed by atoms with E-state index in [1.165, 1.54) is 0 Å². The molecule has 1 aliphatic carbocycles. The summed E-state index contributed by atoms with van der Waals surface area (Å²) in [5.74, 6) is -0.336. The molecule has 1 atom stereocenters. The molecule has 5 rings (SSSR count). The van der Waals surface area contributed by atoms with Crippen molar-refractivity contribution in [1.82, 2.24) is 20.0 Å². The van der Waals surface area contributed by atoms with Crippen LogP contribution in [0.3, 0.4) is 0 Å². The van der Waals surface area contributed by atoms with Gasteiger partial charge < -0.3 is 24.1 Å². The maximum Gasteiger partial charge on any atom is 0.410 e. The minimum atomic E-state index is -2.37. The fourth-order valence-electron chi connectivity index (χ4n) is 7.29. The van der Waals surface area contributed by atoms with Crippen LogP contribution < -0.4 is 5.32 Å². The Hall–Kier alpha value is -1.99. The summed E-state index contributed by atoms with van der Waals surface area (Å²) in [5, 5.41) is 8.92. The van der Waals surface area contributed by atoms with E-state index >= 15 is 0 Å². The molecule has 3 fully saturated rings. The van der Waals surface area contributed by atoms with E-state index in [1.807, 2.05) is 37.7 Å². The summed E-state index contributed by atoms with van der Waals surface area (Å²) >= 11 is 10.5. The molecule has 1 aromatic carbocycles. The van der Waals surface area contributed by atoms with Crippen molar-refractivity contribution in [1.29, 1.82) is 0 Å². The first kappa shape index (κ1) is 38.2. The third kappa shape index (κ3) is 8.40. The number of hydrogen-bond donors (Lipinski definition) is 1. The monoisotopic (exact) mass is 780 g/mol. The molecule has 3 aliphatic rings. The maximum atomic E-state index is 14.0. The molecule has 0 radical (unpaired) electrons. The number of halogens is 2. The number of amides is 2. The number of benzene rings is 1. The van der Waals surface area contributed by atoms with E-state index in [4.69, 9.17) is 25.5 Å². The van der Waals surface area contributed by atoms with Gasteiger partial charge in [-0.1, -0.05) is 32.4 Å². The summed E-state index contributed by atoms with van der Waals surface area (Å²) in [7, 11) is -2.37. The van der Waals surface area contributed by atoms with Crippen LogP contribution in [-0.2, 0) is 29.9 Å². The van der Waals surface area contributed by atoms with Crippen molar-refractivity contribution in [3.8, 4) is 0 Å². The molecular weight excluding hydrogens is 728 g/mol. The second-order valence-electron chi connectivity index (χ2n) is 16.9. The van der Waals surface area contributed by atoms with Gasteiger partial charge in [0.2, 0.25) is 0 Å². The Bertz CT molecular complexity index is 1570. The van der Waals surface area contributed by atoms with Crippen LogP contribution in [0, 0.1) is 5.41 Å². The lowest BCUT2D eigenvalue weighted by atomic mass is 9.55. The molecule has 10 nitrogen and oxygen atoms in total. The number of carbonyl (C=O) groups excluding carboxylic acids is 3. The van der Waals surface area contributed by atoms with Crippen LogP contribution in [0.2, 0.25) is 23.2 Å². The molecule has 272 valence electrons. The van der Waals surface area contributed by atoms with Crippen LogP contribution in [0.1, 0.15) is 105 Å². The predicted molar refractivity (Wildman–Crippen MR) is 197 cm³/mol. The zero-order valence-electron chi connectivity index (χ0n) is 30.5. The molecule has 0 bridgehead atoms. The average molecular weight is 782 g/mol. The molecule has 49 heavy (non-hydrogen) atoms. The normalized spacial score (nSPS) is 24.9. The van der Waals surface area contributed by atoms with Crippen molar-refractivity contribution in [2.24, 2.45) is 5.41 Å². The van der Waals surface area contributed by atoms with Crippen molar-refractivity contribution in [2.45, 2.75) is 135 Å². The summed E-state index contributed by atoms with van der Waals surface area (Å²) in [5.41, 5.74) is -0.117. The number of hydrogen-bond acceptors (Lipinski definition) is 7. The van der Waals surface area contributed by atoms with Crippen molar-refractivity contribution in [2.75, 3.05) is 26.2 Å². The Labute approximate surface area is 305 Å². The van der Waals surface area contributed by atoms with E-state index in [0.717, 1.165) is 59.7 Å². The highest BCUT2D eigenvalue weighted by Crippen LogP contribution is 2.57. The second-order valence-corrected chi connectivity index (χ2v) is 22.9. The summed E-state index contributed by atoms with van der Waals surface area (Å²) < 4.78 is 21.2. The van der Waals surface area contributed by atoms with Crippen molar-refractivity contribution in [3.05, 3.63) is 27.3 Å². The van der Waals surface area contributed by atoms with Gasteiger partial charge >= 0.3 is 6.09 Å². The molecule has 3 heterocycles. The Kier molecular flexibility index (Phi) is 11.1. The van der Waals surface area contributed by atoms with Crippen LogP contribution >= 0.6 is 27.5 Å².